The number of pyridine rings is 1. The Kier molecular flexibility index (Phi) is 8.45. The summed E-state index contributed by atoms with van der Waals surface area (Å²) in [6.45, 7) is 10.5. The number of ether oxygens (including phenoxy) is 1. The molecule has 5 heteroatoms. The van der Waals surface area contributed by atoms with Crippen molar-refractivity contribution in [2.45, 2.75) is 39.7 Å². The maximum absolute atomic E-state index is 11.6. The first-order valence-corrected chi connectivity index (χ1v) is 9.83. The van der Waals surface area contributed by atoms with Gasteiger partial charge in [-0.15, -0.1) is 0 Å². The predicted octanol–water partition coefficient (Wildman–Crippen LogP) is 2.21. The molecule has 5 nitrogen and oxygen atoms in total. The molecule has 0 saturated carbocycles. The van der Waals surface area contributed by atoms with Crippen LogP contribution in [0.2, 0.25) is 0 Å². The second-order valence-electron chi connectivity index (χ2n) is 6.99. The minimum atomic E-state index is -0.258. The van der Waals surface area contributed by atoms with Crippen LogP contribution in [-0.4, -0.2) is 23.5 Å². The molecule has 2 unspecified atom stereocenters. The molecule has 2 rings (SSSR count). The van der Waals surface area contributed by atoms with E-state index in [1.807, 2.05) is 38.1 Å². The molecule has 0 aromatic carbocycles. The molecular formula is C24H29N3O2. The minimum Gasteiger partial charge on any atom is -0.417 e. The van der Waals surface area contributed by atoms with Crippen LogP contribution >= 0.6 is 0 Å². The van der Waals surface area contributed by atoms with Gasteiger partial charge in [0.15, 0.2) is 5.76 Å². The van der Waals surface area contributed by atoms with Crippen LogP contribution in [0.25, 0.3) is 12.7 Å². The van der Waals surface area contributed by atoms with Crippen molar-refractivity contribution in [3.05, 3.63) is 75.6 Å². The quantitative estimate of drug-likeness (QED) is 0.499. The zero-order valence-electron chi connectivity index (χ0n) is 17.4. The Morgan fingerprint density at radius 3 is 2.83 bits per heavy atom. The smallest absolute Gasteiger partial charge is 0.311 e. The lowest BCUT2D eigenvalue weighted by molar-refractivity contribution is -0.139. The second-order valence-corrected chi connectivity index (χ2v) is 6.99. The van der Waals surface area contributed by atoms with Crippen LogP contribution < -0.4 is 21.5 Å². The van der Waals surface area contributed by atoms with Gasteiger partial charge < -0.3 is 15.8 Å². The van der Waals surface area contributed by atoms with Crippen LogP contribution in [0.4, 0.5) is 0 Å². The van der Waals surface area contributed by atoms with Crippen molar-refractivity contribution in [2.24, 2.45) is 11.7 Å². The van der Waals surface area contributed by atoms with E-state index >= 15 is 0 Å². The topological polar surface area (TPSA) is 77.2 Å². The van der Waals surface area contributed by atoms with Gasteiger partial charge in [-0.3, -0.25) is 9.78 Å². The largest absolute Gasteiger partial charge is 0.417 e. The van der Waals surface area contributed by atoms with E-state index in [1.54, 1.807) is 18.5 Å². The van der Waals surface area contributed by atoms with Gasteiger partial charge in [0.05, 0.1) is 0 Å². The highest BCUT2D eigenvalue weighted by atomic mass is 16.5. The number of allylic oxidation sites excluding steroid dienone is 4. The number of hydrogen-bond acceptors (Lipinski definition) is 5. The molecule has 0 bridgehead atoms. The number of carbonyl (C=O) groups excluding carboxylic acids is 1. The van der Waals surface area contributed by atoms with Gasteiger partial charge in [-0.1, -0.05) is 25.3 Å². The van der Waals surface area contributed by atoms with Gasteiger partial charge in [0.2, 0.25) is 0 Å². The number of carbonyl (C=O) groups is 1. The summed E-state index contributed by atoms with van der Waals surface area (Å²) in [5.41, 5.74) is 14.0. The number of nitrogens with zero attached hydrogens (tertiary/aromatic N) is 1. The third kappa shape index (κ3) is 6.78. The Morgan fingerprint density at radius 2 is 2.21 bits per heavy atom. The molecule has 29 heavy (non-hydrogen) atoms. The Balaban J connectivity index is 2.12. The number of aromatic nitrogens is 1. The molecule has 1 aromatic heterocycles. The van der Waals surface area contributed by atoms with E-state index in [1.165, 1.54) is 0 Å². The molecule has 1 aliphatic rings. The summed E-state index contributed by atoms with van der Waals surface area (Å²) in [7, 11) is 0. The first-order valence-electron chi connectivity index (χ1n) is 9.83. The number of esters is 1. The van der Waals surface area contributed by atoms with Crippen LogP contribution in [0.1, 0.15) is 33.6 Å². The standard InChI is InChI=1S/C24H29N3O2/c1-5-6-24(28)29-22-11-9-20(10-12-22)23(15-25)19(4)27-18(3)7-8-21-16-26-14-13-17(21)2/h7-9,11,13-14,16,19,23,27H,2,5-6,15,25H2,1,3-4H3/b18-7+,21-8-. The van der Waals surface area contributed by atoms with Crippen molar-refractivity contribution in [3.63, 3.8) is 0 Å². The number of hydrogen-bond donors (Lipinski definition) is 2. The van der Waals surface area contributed by atoms with Crippen molar-refractivity contribution in [2.75, 3.05) is 6.54 Å². The van der Waals surface area contributed by atoms with E-state index in [2.05, 4.69) is 35.3 Å². The Hall–Kier alpha value is -3.10. The molecule has 1 aliphatic carbocycles. The van der Waals surface area contributed by atoms with Gasteiger partial charge in [0, 0.05) is 48.6 Å². The van der Waals surface area contributed by atoms with Gasteiger partial charge in [0.25, 0.3) is 0 Å². The van der Waals surface area contributed by atoms with Crippen LogP contribution in [0, 0.1) is 5.92 Å². The monoisotopic (exact) mass is 391 g/mol. The van der Waals surface area contributed by atoms with Gasteiger partial charge in [0.1, 0.15) is 0 Å². The molecule has 1 aromatic rings. The molecule has 1 heterocycles. The van der Waals surface area contributed by atoms with E-state index in [4.69, 9.17) is 10.5 Å². The molecular weight excluding hydrogens is 362 g/mol. The highest BCUT2D eigenvalue weighted by Crippen LogP contribution is 2.19. The fourth-order valence-electron chi connectivity index (χ4n) is 2.94. The highest BCUT2D eigenvalue weighted by Gasteiger charge is 2.20. The van der Waals surface area contributed by atoms with Crippen LogP contribution in [0.5, 0.6) is 0 Å². The Bertz CT molecular complexity index is 1010. The average molecular weight is 392 g/mol. The first kappa shape index (κ1) is 22.2. The fraction of sp³-hybridized carbons (Fsp3) is 0.333. The summed E-state index contributed by atoms with van der Waals surface area (Å²) in [5.74, 6) is 0.165. The SMILES string of the molecule is C=c1ccnc/c1=C/C=C(\C)NC(C)C(CN)C1=C=C=C(OC(=O)CCC)C=C1. The van der Waals surface area contributed by atoms with Crippen LogP contribution in [0.15, 0.2) is 65.2 Å². The summed E-state index contributed by atoms with van der Waals surface area (Å²) < 4.78 is 5.24. The van der Waals surface area contributed by atoms with Gasteiger partial charge in [-0.2, -0.15) is 0 Å². The molecule has 0 spiro atoms. The fourth-order valence-corrected chi connectivity index (χ4v) is 2.94. The van der Waals surface area contributed by atoms with Crippen LogP contribution in [-0.2, 0) is 9.53 Å². The van der Waals surface area contributed by atoms with Crippen LogP contribution in [0.3, 0.4) is 0 Å². The third-order valence-electron chi connectivity index (χ3n) is 4.59. The third-order valence-corrected chi connectivity index (χ3v) is 4.59. The zero-order valence-corrected chi connectivity index (χ0v) is 17.4. The molecule has 3 N–H and O–H groups in total. The average Bonchev–Trinajstić information content (AvgIpc) is 2.69. The lowest BCUT2D eigenvalue weighted by Gasteiger charge is -2.25. The van der Waals surface area contributed by atoms with Crippen molar-refractivity contribution >= 4 is 18.6 Å². The normalized spacial score (nSPS) is 16.1. The summed E-state index contributed by atoms with van der Waals surface area (Å²) in [4.78, 5) is 15.7. The Labute approximate surface area is 172 Å². The minimum absolute atomic E-state index is 0.0387. The number of nitrogens with one attached hydrogen (secondary N) is 1. The van der Waals surface area contributed by atoms with Gasteiger partial charge in [-0.25, -0.2) is 0 Å². The molecule has 0 amide bonds. The van der Waals surface area contributed by atoms with E-state index < -0.39 is 0 Å². The summed E-state index contributed by atoms with van der Waals surface area (Å²) >= 11 is 0. The second kappa shape index (κ2) is 11.0. The van der Waals surface area contributed by atoms with Crippen molar-refractivity contribution in [3.8, 4) is 0 Å². The molecule has 0 saturated heterocycles. The summed E-state index contributed by atoms with van der Waals surface area (Å²) in [6.07, 6.45) is 12.3. The summed E-state index contributed by atoms with van der Waals surface area (Å²) in [6, 6.07) is 1.96. The molecule has 2 atom stereocenters. The van der Waals surface area contributed by atoms with Gasteiger partial charge >= 0.3 is 5.97 Å². The number of nitrogens with two attached hydrogens (primary N) is 1. The van der Waals surface area contributed by atoms with Crippen molar-refractivity contribution < 1.29 is 9.53 Å². The predicted molar refractivity (Wildman–Crippen MR) is 117 cm³/mol. The van der Waals surface area contributed by atoms with Crippen molar-refractivity contribution in [1.29, 1.82) is 0 Å². The molecule has 152 valence electrons. The van der Waals surface area contributed by atoms with E-state index in [9.17, 15) is 4.79 Å². The highest BCUT2D eigenvalue weighted by molar-refractivity contribution is 5.71. The van der Waals surface area contributed by atoms with E-state index in [0.29, 0.717) is 18.7 Å². The van der Waals surface area contributed by atoms with Gasteiger partial charge in [-0.05, 0) is 60.7 Å². The zero-order chi connectivity index (χ0) is 21.2. The van der Waals surface area contributed by atoms with Crippen molar-refractivity contribution in [1.82, 2.24) is 10.3 Å². The Morgan fingerprint density at radius 1 is 1.41 bits per heavy atom. The lowest BCUT2D eigenvalue weighted by atomic mass is 9.91. The molecule has 0 aliphatic heterocycles. The maximum atomic E-state index is 11.6. The van der Waals surface area contributed by atoms with E-state index in [0.717, 1.165) is 28.1 Å². The van der Waals surface area contributed by atoms with E-state index in [-0.39, 0.29) is 17.9 Å². The molecule has 0 radical (unpaired) electrons. The number of rotatable bonds is 9. The maximum Gasteiger partial charge on any atom is 0.311 e. The lowest BCUT2D eigenvalue weighted by Crippen LogP contribution is -2.37. The first-order chi connectivity index (χ1) is 13.9. The molecule has 0 fully saturated rings. The summed E-state index contributed by atoms with van der Waals surface area (Å²) in [5, 5.41) is 5.38.